The minimum Gasteiger partial charge on any atom is -0.200 e. The highest BCUT2D eigenvalue weighted by Gasteiger charge is 1.93. The number of hydrogen-bond acceptors (Lipinski definition) is 3. The van der Waals surface area contributed by atoms with Crippen LogP contribution in [0.25, 0.3) is 0 Å². The van der Waals surface area contributed by atoms with Crippen LogP contribution in [-0.4, -0.2) is 4.21 Å². The maximum absolute atomic E-state index is 10.0. The third-order valence-electron chi connectivity index (χ3n) is 0.450. The van der Waals surface area contributed by atoms with Gasteiger partial charge >= 0.3 is 0 Å². The minimum atomic E-state index is -0.181. The predicted octanol–water partition coefficient (Wildman–Crippen LogP) is 3.09. The second-order valence-electron chi connectivity index (χ2n) is 1.06. The largest absolute Gasteiger partial charge is 0.200 e. The molecule has 0 aliphatic heterocycles. The molecule has 0 aliphatic carbocycles. The Hall–Kier alpha value is 3.33. The smallest absolute Gasteiger partial charge is 0.168 e. The fourth-order valence-corrected chi connectivity index (χ4v) is 36.4. The van der Waals surface area contributed by atoms with E-state index in [2.05, 4.69) is 0 Å². The second kappa shape index (κ2) is 15.4. The Kier molecular flexibility index (Phi) is 18.8. The Labute approximate surface area is 127 Å². The van der Waals surface area contributed by atoms with Crippen LogP contribution in [0.1, 0.15) is 0 Å². The molecule has 0 aromatic rings. The van der Waals surface area contributed by atoms with E-state index < -0.39 is 0 Å². The fourth-order valence-electron chi connectivity index (χ4n) is 0.157. The van der Waals surface area contributed by atoms with E-state index in [1.54, 1.807) is 45.0 Å². The summed E-state index contributed by atoms with van der Waals surface area (Å²) in [5.74, 6) is 0. The third-order valence-corrected chi connectivity index (χ3v) is 34.9. The van der Waals surface area contributed by atoms with E-state index >= 15 is 0 Å². The van der Waals surface area contributed by atoms with E-state index in [1.165, 1.54) is 24.8 Å². The molecule has 0 amide bonds. The Morgan fingerprint density at radius 1 is 0.867 bits per heavy atom. The molecule has 0 aromatic carbocycles. The van der Waals surface area contributed by atoms with Crippen molar-refractivity contribution >= 4 is 125 Å². The summed E-state index contributed by atoms with van der Waals surface area (Å²) in [4.78, 5) is 0. The topological polar surface area (TPSA) is 17.1 Å². The van der Waals surface area contributed by atoms with Gasteiger partial charge in [0.2, 0.25) is 0 Å². The van der Waals surface area contributed by atoms with Gasteiger partial charge in [-0.05, 0) is 36.1 Å². The molecule has 0 atom stereocenters. The summed E-state index contributed by atoms with van der Waals surface area (Å²) in [5, 5.41) is 0. The zero-order valence-corrected chi connectivity index (χ0v) is 18.0. The molecule has 0 bridgehead atoms. The summed E-state index contributed by atoms with van der Waals surface area (Å²) in [7, 11) is 15.2. The van der Waals surface area contributed by atoms with Crippen LogP contribution >= 0.6 is 28.1 Å². The zero-order valence-electron chi connectivity index (χ0n) is 6.28. The molecule has 0 rings (SSSR count). The van der Waals surface area contributed by atoms with Gasteiger partial charge in [-0.2, -0.15) is 4.21 Å². The average molecular weight is 461 g/mol. The van der Waals surface area contributed by atoms with Crippen molar-refractivity contribution in [3.05, 3.63) is 0 Å². The first-order valence-corrected chi connectivity index (χ1v) is 21.3. The quantitative estimate of drug-likeness (QED) is 0.603. The van der Waals surface area contributed by atoms with Crippen LogP contribution in [0, 0.1) is 0 Å². The van der Waals surface area contributed by atoms with Crippen molar-refractivity contribution in [1.82, 2.24) is 0 Å². The normalized spacial score (nSPS) is 11.5. The molecule has 0 fully saturated rings. The lowest BCUT2D eigenvalue weighted by Crippen LogP contribution is -1.37. The average Bonchev–Trinajstić information content (AvgIpc) is 2.27. The van der Waals surface area contributed by atoms with Crippen molar-refractivity contribution in [2.75, 3.05) is 0 Å². The molecule has 0 N–H and O–H groups in total. The molecule has 1 nitrogen and oxygen atoms in total. The van der Waals surface area contributed by atoms with E-state index in [4.69, 9.17) is 23.6 Å². The molecule has 0 aliphatic rings. The summed E-state index contributed by atoms with van der Waals surface area (Å²) < 4.78 is 10.0. The van der Waals surface area contributed by atoms with Gasteiger partial charge < -0.3 is 0 Å². The summed E-state index contributed by atoms with van der Waals surface area (Å²) in [5.41, 5.74) is 0. The van der Waals surface area contributed by atoms with Gasteiger partial charge in [0.1, 0.15) is 0 Å². The lowest BCUT2D eigenvalue weighted by atomic mass is 16.0. The zero-order chi connectivity index (χ0) is 11.4. The van der Waals surface area contributed by atoms with Gasteiger partial charge in [0.15, 0.2) is 10.2 Å². The van der Waals surface area contributed by atoms with Gasteiger partial charge in [0, 0.05) is 47.8 Å². The third kappa shape index (κ3) is 13.6. The minimum absolute atomic E-state index is 0.181. The molecular weight excluding hydrogens is 461 g/mol. The summed E-state index contributed by atoms with van der Waals surface area (Å²) in [6.07, 6.45) is 0. The number of rotatable bonds is 3. The van der Waals surface area contributed by atoms with Crippen molar-refractivity contribution in [3.63, 3.8) is 0 Å². The fraction of sp³-hybridized carbons (Fsp3) is 0. The van der Waals surface area contributed by atoms with Crippen LogP contribution in [0.2, 0.25) is 0 Å². The first-order chi connectivity index (χ1) is 7.35. The van der Waals surface area contributed by atoms with Crippen molar-refractivity contribution in [3.8, 4) is 0 Å². The van der Waals surface area contributed by atoms with Crippen LogP contribution in [0.15, 0.2) is 0 Å². The van der Waals surface area contributed by atoms with E-state index in [-0.39, 0.29) is 6.99 Å². The van der Waals surface area contributed by atoms with Crippen LogP contribution in [0.4, 0.5) is 0 Å². The maximum atomic E-state index is 10.0. The molecule has 0 saturated carbocycles. The van der Waals surface area contributed by atoms with Crippen LogP contribution in [-0.2, 0) is 96.6 Å². The Morgan fingerprint density at radius 3 is 1.93 bits per heavy atom. The highest BCUT2D eigenvalue weighted by atomic mass is 33.4. The Balaban J connectivity index is 5.11. The Bertz CT molecular complexity index is 532. The molecule has 0 saturated heterocycles. The van der Waals surface area contributed by atoms with Crippen LogP contribution in [0.5, 0.6) is 0 Å². The van der Waals surface area contributed by atoms with Gasteiger partial charge in [-0.3, -0.25) is 0 Å². The monoisotopic (exact) mass is 460 g/mol. The van der Waals surface area contributed by atoms with Crippen molar-refractivity contribution in [1.29, 1.82) is 0 Å². The van der Waals surface area contributed by atoms with Gasteiger partial charge in [0.25, 0.3) is 0 Å². The standard InChI is InChI=1S/OP4S10/c1-8-10-12-14-15-13-11-9-4-5(2-6)3-7. The molecule has 86 valence electrons. The molecule has 0 radical (unpaired) electrons. The first kappa shape index (κ1) is 18.3. The highest BCUT2D eigenvalue weighted by molar-refractivity contribution is 8.87. The van der Waals surface area contributed by atoms with Crippen LogP contribution in [0.3, 0.4) is 0 Å². The van der Waals surface area contributed by atoms with Gasteiger partial charge in [0.05, 0.1) is 6.99 Å². The molecule has 0 spiro atoms. The second-order valence-corrected chi connectivity index (χ2v) is 27.5. The first-order valence-electron chi connectivity index (χ1n) is 2.48. The van der Waals surface area contributed by atoms with E-state index in [0.29, 0.717) is 10.2 Å². The lowest BCUT2D eigenvalue weighted by molar-refractivity contribution is 0.702. The van der Waals surface area contributed by atoms with E-state index in [1.807, 2.05) is 0 Å². The summed E-state index contributed by atoms with van der Waals surface area (Å²) in [6, 6.07) is 0. The van der Waals surface area contributed by atoms with Gasteiger partial charge in [-0.1, -0.05) is 23.6 Å². The summed E-state index contributed by atoms with van der Waals surface area (Å²) in [6.45, 7) is -0.181. The van der Waals surface area contributed by atoms with E-state index in [9.17, 15) is 4.21 Å². The van der Waals surface area contributed by atoms with E-state index in [0.717, 1.165) is 14.1 Å². The molecule has 0 aromatic heterocycles. The van der Waals surface area contributed by atoms with Crippen molar-refractivity contribution in [2.24, 2.45) is 0 Å². The summed E-state index contributed by atoms with van der Waals surface area (Å²) >= 11 is 9.93. The predicted molar refractivity (Wildman–Crippen MR) is 102 cm³/mol. The molecule has 15 heteroatoms. The van der Waals surface area contributed by atoms with Gasteiger partial charge in [-0.25, -0.2) is 0 Å². The van der Waals surface area contributed by atoms with Crippen molar-refractivity contribution < 1.29 is 4.21 Å². The molecule has 15 heavy (non-hydrogen) atoms. The Morgan fingerprint density at radius 2 is 1.40 bits per heavy atom. The molecule has 0 unspecified atom stereocenters. The molecule has 0 heterocycles. The SMILES string of the molecule is O=S=S=S=S=S=S=S=S=PP(P=S)P=S. The highest BCUT2D eigenvalue weighted by Crippen LogP contribution is 2.69. The van der Waals surface area contributed by atoms with Crippen LogP contribution < -0.4 is 0 Å². The van der Waals surface area contributed by atoms with Crippen molar-refractivity contribution in [2.45, 2.75) is 0 Å². The number of hydrogen-bond donors (Lipinski definition) is 0. The van der Waals surface area contributed by atoms with Gasteiger partial charge in [-0.15, -0.1) is 0 Å². The molecular formula is OP4S10. The lowest BCUT2D eigenvalue weighted by Gasteiger charge is -1.84. The maximum Gasteiger partial charge on any atom is 0.168 e.